The number of carbonyl (C=O) groups excluding carboxylic acids is 2. The third-order valence-corrected chi connectivity index (χ3v) is 12.8. The molecule has 4 rings (SSSR count). The monoisotopic (exact) mass is 600 g/mol. The lowest BCUT2D eigenvalue weighted by atomic mass is 9.47. The molecule has 43 heavy (non-hydrogen) atoms. The molecule has 0 bridgehead atoms. The first-order chi connectivity index (χ1) is 20.0. The van der Waals surface area contributed by atoms with Gasteiger partial charge in [0.1, 0.15) is 12.1 Å². The van der Waals surface area contributed by atoms with E-state index in [1.54, 1.807) is 0 Å². The van der Waals surface area contributed by atoms with Crippen LogP contribution in [0.2, 0.25) is 0 Å². The van der Waals surface area contributed by atoms with Crippen LogP contribution in [-0.4, -0.2) is 40.8 Å². The Bertz CT molecular complexity index is 1030. The third-order valence-electron chi connectivity index (χ3n) is 12.8. The number of esters is 1. The summed E-state index contributed by atoms with van der Waals surface area (Å²) in [7, 11) is 0. The fourth-order valence-electron chi connectivity index (χ4n) is 10.0. The molecule has 0 radical (unpaired) electrons. The van der Waals surface area contributed by atoms with Crippen LogP contribution in [0.4, 0.5) is 0 Å². The van der Waals surface area contributed by atoms with Gasteiger partial charge in [0.05, 0.1) is 11.6 Å². The maximum atomic E-state index is 13.3. The minimum atomic E-state index is -0.681. The molecule has 6 heteroatoms. The Morgan fingerprint density at radius 2 is 1.74 bits per heavy atom. The maximum absolute atomic E-state index is 13.3. The summed E-state index contributed by atoms with van der Waals surface area (Å²) in [4.78, 5) is 25.9. The van der Waals surface area contributed by atoms with E-state index in [9.17, 15) is 14.7 Å². The van der Waals surface area contributed by atoms with Crippen molar-refractivity contribution in [3.05, 3.63) is 11.6 Å². The van der Waals surface area contributed by atoms with E-state index < -0.39 is 17.7 Å². The summed E-state index contributed by atoms with van der Waals surface area (Å²) in [5.74, 6) is 3.08. The van der Waals surface area contributed by atoms with Crippen LogP contribution in [-0.2, 0) is 14.3 Å². The minimum absolute atomic E-state index is 0.00241. The van der Waals surface area contributed by atoms with E-state index in [-0.39, 0.29) is 35.2 Å². The number of allylic oxidation sites excluding steroid dienone is 1. The third kappa shape index (κ3) is 7.21. The molecule has 3 fully saturated rings. The first-order valence-electron chi connectivity index (χ1n) is 17.7. The van der Waals surface area contributed by atoms with Crippen molar-refractivity contribution in [2.45, 2.75) is 157 Å². The van der Waals surface area contributed by atoms with Crippen molar-refractivity contribution in [3.63, 3.8) is 0 Å². The maximum Gasteiger partial charge on any atom is 0.329 e. The number of fused-ring (bicyclic) bond motifs is 5. The number of aliphatic hydroxyl groups is 1. The minimum Gasteiger partial charge on any atom is -0.461 e. The summed E-state index contributed by atoms with van der Waals surface area (Å²) in [6.07, 6.45) is 14.9. The van der Waals surface area contributed by atoms with E-state index in [1.807, 2.05) is 41.5 Å². The molecule has 1 amide bonds. The Morgan fingerprint density at radius 1 is 1.05 bits per heavy atom. The molecule has 10 atom stereocenters. The lowest BCUT2D eigenvalue weighted by Gasteiger charge is -2.58. The van der Waals surface area contributed by atoms with Gasteiger partial charge >= 0.3 is 5.97 Å². The smallest absolute Gasteiger partial charge is 0.329 e. The van der Waals surface area contributed by atoms with Gasteiger partial charge in [0, 0.05) is 6.42 Å². The normalized spacial score (nSPS) is 36.2. The van der Waals surface area contributed by atoms with Crippen molar-refractivity contribution in [1.82, 2.24) is 5.32 Å². The van der Waals surface area contributed by atoms with Crippen LogP contribution in [0.5, 0.6) is 0 Å². The number of hydrogen-bond donors (Lipinski definition) is 3. The zero-order valence-corrected chi connectivity index (χ0v) is 28.9. The second kappa shape index (κ2) is 13.1. The Balaban J connectivity index is 1.39. The van der Waals surface area contributed by atoms with Crippen LogP contribution >= 0.6 is 0 Å². The van der Waals surface area contributed by atoms with Gasteiger partial charge < -0.3 is 20.9 Å². The summed E-state index contributed by atoms with van der Waals surface area (Å²) in [5, 5.41) is 13.1. The highest BCUT2D eigenvalue weighted by Gasteiger charge is 2.59. The Kier molecular flexibility index (Phi) is 10.5. The number of nitrogens with one attached hydrogen (secondary N) is 1. The summed E-state index contributed by atoms with van der Waals surface area (Å²) in [6, 6.07) is -1.32. The van der Waals surface area contributed by atoms with Crippen LogP contribution in [0.25, 0.3) is 0 Å². The second-order valence-corrected chi connectivity index (χ2v) is 17.0. The van der Waals surface area contributed by atoms with Gasteiger partial charge in [-0.05, 0) is 117 Å². The molecule has 4 N–H and O–H groups in total. The van der Waals surface area contributed by atoms with Crippen LogP contribution in [0.15, 0.2) is 11.6 Å². The molecule has 246 valence electrons. The van der Waals surface area contributed by atoms with Gasteiger partial charge in [-0.2, -0.15) is 0 Å². The average Bonchev–Trinajstić information content (AvgIpc) is 3.27. The summed E-state index contributed by atoms with van der Waals surface area (Å²) in [5.41, 5.74) is 7.61. The quantitative estimate of drug-likeness (QED) is 0.172. The molecule has 4 aliphatic carbocycles. The summed E-state index contributed by atoms with van der Waals surface area (Å²) in [6.45, 7) is 19.2. The molecule has 0 spiro atoms. The van der Waals surface area contributed by atoms with E-state index in [4.69, 9.17) is 10.5 Å². The molecule has 0 saturated heterocycles. The van der Waals surface area contributed by atoms with Crippen molar-refractivity contribution in [2.24, 2.45) is 58.0 Å². The molecule has 0 aliphatic heterocycles. The average molecular weight is 601 g/mol. The predicted molar refractivity (Wildman–Crippen MR) is 174 cm³/mol. The fourth-order valence-corrected chi connectivity index (χ4v) is 10.0. The molecule has 4 aliphatic rings. The fraction of sp³-hybridized carbons (Fsp3) is 0.892. The van der Waals surface area contributed by atoms with E-state index in [0.29, 0.717) is 17.3 Å². The van der Waals surface area contributed by atoms with E-state index >= 15 is 0 Å². The van der Waals surface area contributed by atoms with Gasteiger partial charge in [0.15, 0.2) is 0 Å². The Labute approximate surface area is 262 Å². The van der Waals surface area contributed by atoms with Crippen LogP contribution in [0.1, 0.15) is 133 Å². The van der Waals surface area contributed by atoms with Crippen molar-refractivity contribution in [1.29, 1.82) is 0 Å². The number of amides is 1. The zero-order valence-electron chi connectivity index (χ0n) is 28.9. The number of rotatable bonds is 11. The second-order valence-electron chi connectivity index (χ2n) is 17.0. The molecule has 0 aromatic heterocycles. The first kappa shape index (κ1) is 34.5. The Morgan fingerprint density at radius 3 is 2.37 bits per heavy atom. The van der Waals surface area contributed by atoms with E-state index in [2.05, 4.69) is 32.2 Å². The number of ether oxygens (including phenoxy) is 1. The van der Waals surface area contributed by atoms with Gasteiger partial charge in [-0.3, -0.25) is 4.79 Å². The first-order valence-corrected chi connectivity index (χ1v) is 17.7. The van der Waals surface area contributed by atoms with E-state index in [0.717, 1.165) is 56.3 Å². The number of hydrogen-bond acceptors (Lipinski definition) is 5. The topological polar surface area (TPSA) is 102 Å². The molecule has 6 nitrogen and oxygen atoms in total. The van der Waals surface area contributed by atoms with Gasteiger partial charge in [0.25, 0.3) is 0 Å². The highest BCUT2D eigenvalue weighted by atomic mass is 16.5. The van der Waals surface area contributed by atoms with Gasteiger partial charge in [-0.25, -0.2) is 4.79 Å². The van der Waals surface area contributed by atoms with Gasteiger partial charge in [-0.15, -0.1) is 0 Å². The molecule has 0 unspecified atom stereocenters. The molecule has 3 saturated carbocycles. The van der Waals surface area contributed by atoms with Crippen LogP contribution in [0.3, 0.4) is 0 Å². The largest absolute Gasteiger partial charge is 0.461 e. The molecular formula is C37H64N2O4. The van der Waals surface area contributed by atoms with Crippen molar-refractivity contribution in [3.8, 4) is 0 Å². The lowest BCUT2D eigenvalue weighted by molar-refractivity contribution is -0.156. The predicted octanol–water partition coefficient (Wildman–Crippen LogP) is 7.18. The van der Waals surface area contributed by atoms with Gasteiger partial charge in [-0.1, -0.05) is 73.0 Å². The lowest BCUT2D eigenvalue weighted by Crippen LogP contribution is -2.53. The highest BCUT2D eigenvalue weighted by molar-refractivity contribution is 5.87. The van der Waals surface area contributed by atoms with Gasteiger partial charge in [0.2, 0.25) is 5.91 Å². The van der Waals surface area contributed by atoms with Crippen molar-refractivity contribution in [2.75, 3.05) is 0 Å². The van der Waals surface area contributed by atoms with Crippen LogP contribution in [0, 0.1) is 52.3 Å². The molecule has 0 aromatic carbocycles. The SMILES string of the molecule is CC(C)[C@@H](N)C(=O)N[C@@H](C(=O)O[C@H]1CC[C@@]2(C)C(=CC[C@H]3[C@@H]4CC[C@H]([C@H](C)CCCC(C)(C)O)[C@@]4(C)CC[C@@H]32)C1)C(C)C. The zero-order chi connectivity index (χ0) is 31.9. The Hall–Kier alpha value is -1.40. The number of nitrogens with two attached hydrogens (primary N) is 1. The van der Waals surface area contributed by atoms with E-state index in [1.165, 1.54) is 37.7 Å². The molecular weight excluding hydrogens is 536 g/mol. The number of carbonyl (C=O) groups is 2. The summed E-state index contributed by atoms with van der Waals surface area (Å²) < 4.78 is 6.11. The molecule has 0 aromatic rings. The van der Waals surface area contributed by atoms with Crippen molar-refractivity contribution < 1.29 is 19.4 Å². The van der Waals surface area contributed by atoms with Crippen molar-refractivity contribution >= 4 is 11.9 Å². The standard InChI is InChI=1S/C37H64N2O4/c1-22(2)31(38)33(40)39-32(23(3)4)34(41)43-26-16-19-36(8)25(21-26)12-13-27-29-15-14-28(37(29,9)20-17-30(27)36)24(5)11-10-18-35(6,7)42/h12,22-24,26-32,42H,10-11,13-21,38H2,1-9H3,(H,39,40)/t24-,26+,27+,28-,29+,30+,31-,32-,36+,37-/m1/s1. The highest BCUT2D eigenvalue weighted by Crippen LogP contribution is 2.67. The summed E-state index contributed by atoms with van der Waals surface area (Å²) >= 11 is 0. The molecule has 0 heterocycles. The van der Waals surface area contributed by atoms with Crippen LogP contribution < -0.4 is 11.1 Å².